The van der Waals surface area contributed by atoms with Gasteiger partial charge in [0.15, 0.2) is 0 Å². The van der Waals surface area contributed by atoms with Crippen LogP contribution in [-0.4, -0.2) is 24.8 Å². The Bertz CT molecular complexity index is 870. The van der Waals surface area contributed by atoms with Gasteiger partial charge in [-0.1, -0.05) is 66.3 Å². The Morgan fingerprint density at radius 2 is 1.81 bits per heavy atom. The lowest BCUT2D eigenvalue weighted by Gasteiger charge is -2.38. The van der Waals surface area contributed by atoms with Gasteiger partial charge in [-0.15, -0.1) is 6.58 Å². The molecule has 3 rings (SSSR count). The molecule has 3 nitrogen and oxygen atoms in total. The Labute approximate surface area is 156 Å². The molecule has 0 spiro atoms. The van der Waals surface area contributed by atoms with Gasteiger partial charge in [-0.05, 0) is 43.9 Å². The molecule has 0 bridgehead atoms. The first-order valence-corrected chi connectivity index (χ1v) is 10.4. The van der Waals surface area contributed by atoms with Crippen molar-refractivity contribution >= 4 is 10.0 Å². The van der Waals surface area contributed by atoms with Crippen molar-refractivity contribution < 1.29 is 8.42 Å². The van der Waals surface area contributed by atoms with Crippen LogP contribution in [0.4, 0.5) is 0 Å². The van der Waals surface area contributed by atoms with Crippen LogP contribution in [0.3, 0.4) is 0 Å². The second-order valence-corrected chi connectivity index (χ2v) is 8.59. The third kappa shape index (κ3) is 3.97. The van der Waals surface area contributed by atoms with Gasteiger partial charge >= 0.3 is 0 Å². The van der Waals surface area contributed by atoms with Gasteiger partial charge in [-0.25, -0.2) is 8.42 Å². The summed E-state index contributed by atoms with van der Waals surface area (Å²) in [6, 6.07) is 16.9. The zero-order valence-electron chi connectivity index (χ0n) is 15.1. The van der Waals surface area contributed by atoms with Gasteiger partial charge < -0.3 is 0 Å². The number of rotatable bonds is 6. The molecule has 0 fully saturated rings. The van der Waals surface area contributed by atoms with Crippen molar-refractivity contribution in [3.05, 3.63) is 90.5 Å². The van der Waals surface area contributed by atoms with Crippen LogP contribution in [-0.2, 0) is 16.4 Å². The Balaban J connectivity index is 1.99. The average molecular weight is 368 g/mol. The number of hydrogen-bond acceptors (Lipinski definition) is 2. The van der Waals surface area contributed by atoms with Crippen LogP contribution in [0.15, 0.2) is 84.3 Å². The number of sulfonamides is 1. The molecule has 4 heteroatoms. The van der Waals surface area contributed by atoms with E-state index in [1.165, 1.54) is 0 Å². The zero-order valence-corrected chi connectivity index (χ0v) is 15.9. The van der Waals surface area contributed by atoms with Crippen LogP contribution in [0, 0.1) is 6.92 Å². The Kier molecular flexibility index (Phi) is 5.74. The van der Waals surface area contributed by atoms with E-state index < -0.39 is 10.0 Å². The molecule has 1 aliphatic rings. The number of aryl methyl sites for hydroxylation is 1. The first kappa shape index (κ1) is 18.6. The largest absolute Gasteiger partial charge is 0.243 e. The normalized spacial score (nSPS) is 20.8. The van der Waals surface area contributed by atoms with Gasteiger partial charge in [0.25, 0.3) is 0 Å². The quantitative estimate of drug-likeness (QED) is 0.705. The Morgan fingerprint density at radius 3 is 2.46 bits per heavy atom. The molecule has 2 atom stereocenters. The van der Waals surface area contributed by atoms with E-state index >= 15 is 0 Å². The lowest BCUT2D eigenvalue weighted by molar-refractivity contribution is 0.265. The summed E-state index contributed by atoms with van der Waals surface area (Å²) in [5.41, 5.74) is 2.19. The van der Waals surface area contributed by atoms with Crippen molar-refractivity contribution in [3.63, 3.8) is 0 Å². The van der Waals surface area contributed by atoms with Crippen molar-refractivity contribution in [2.24, 2.45) is 0 Å². The monoisotopic (exact) mass is 367 g/mol. The summed E-state index contributed by atoms with van der Waals surface area (Å²) in [5, 5.41) is 0. The fourth-order valence-corrected chi connectivity index (χ4v) is 5.26. The van der Waals surface area contributed by atoms with Crippen molar-refractivity contribution in [1.29, 1.82) is 0 Å². The zero-order chi connectivity index (χ0) is 18.6. The highest BCUT2D eigenvalue weighted by Gasteiger charge is 2.37. The first-order chi connectivity index (χ1) is 12.5. The number of benzene rings is 2. The fourth-order valence-electron chi connectivity index (χ4n) is 3.47. The maximum atomic E-state index is 13.4. The summed E-state index contributed by atoms with van der Waals surface area (Å²) in [7, 11) is -3.59. The van der Waals surface area contributed by atoms with Crippen LogP contribution < -0.4 is 0 Å². The number of hydrogen-bond donors (Lipinski definition) is 0. The molecule has 0 aromatic heterocycles. The molecule has 0 amide bonds. The standard InChI is InChI=1S/C22H25NO2S/c1-3-8-20-11-7-12-21(17-19-9-5-4-6-10-19)23(20)26(24,25)22-15-13-18(2)14-16-22/h3-7,9-11,13-16,20-21H,1,8,12,17H2,2H3/t20-,21-/m1/s1. The minimum Gasteiger partial charge on any atom is -0.207 e. The van der Waals surface area contributed by atoms with Crippen molar-refractivity contribution in [3.8, 4) is 0 Å². The highest BCUT2D eigenvalue weighted by Crippen LogP contribution is 2.30. The van der Waals surface area contributed by atoms with E-state index in [2.05, 4.69) is 24.8 Å². The summed E-state index contributed by atoms with van der Waals surface area (Å²) in [5.74, 6) is 0. The second-order valence-electron chi connectivity index (χ2n) is 6.75. The SMILES string of the molecule is C=CC[C@@H]1C=CC[C@H](Cc2ccccc2)N1S(=O)(=O)c1ccc(C)cc1. The topological polar surface area (TPSA) is 37.4 Å². The first-order valence-electron chi connectivity index (χ1n) is 8.94. The van der Waals surface area contributed by atoms with E-state index in [1.54, 1.807) is 22.5 Å². The van der Waals surface area contributed by atoms with Crippen LogP contribution in [0.5, 0.6) is 0 Å². The van der Waals surface area contributed by atoms with Crippen LogP contribution in [0.2, 0.25) is 0 Å². The third-order valence-electron chi connectivity index (χ3n) is 4.77. The molecule has 2 aromatic carbocycles. The predicted molar refractivity (Wildman–Crippen MR) is 106 cm³/mol. The molecule has 0 aliphatic carbocycles. The van der Waals surface area contributed by atoms with E-state index in [-0.39, 0.29) is 12.1 Å². The minimum absolute atomic E-state index is 0.0985. The van der Waals surface area contributed by atoms with Gasteiger partial charge in [0.05, 0.1) is 4.90 Å². The summed E-state index contributed by atoms with van der Waals surface area (Å²) in [4.78, 5) is 0.352. The van der Waals surface area contributed by atoms with Gasteiger partial charge in [0.2, 0.25) is 10.0 Å². The Morgan fingerprint density at radius 1 is 1.12 bits per heavy atom. The van der Waals surface area contributed by atoms with Gasteiger partial charge in [-0.3, -0.25) is 0 Å². The summed E-state index contributed by atoms with van der Waals surface area (Å²) in [6.07, 6.45) is 7.90. The molecule has 0 unspecified atom stereocenters. The third-order valence-corrected chi connectivity index (χ3v) is 6.76. The maximum Gasteiger partial charge on any atom is 0.243 e. The van der Waals surface area contributed by atoms with E-state index in [1.807, 2.05) is 43.3 Å². The van der Waals surface area contributed by atoms with Crippen LogP contribution >= 0.6 is 0 Å². The molecule has 26 heavy (non-hydrogen) atoms. The Hall–Kier alpha value is -2.17. The summed E-state index contributed by atoms with van der Waals surface area (Å²) < 4.78 is 28.6. The van der Waals surface area contributed by atoms with E-state index in [0.29, 0.717) is 24.2 Å². The van der Waals surface area contributed by atoms with Gasteiger partial charge in [-0.2, -0.15) is 4.31 Å². The number of nitrogens with zero attached hydrogens (tertiary/aromatic N) is 1. The van der Waals surface area contributed by atoms with Crippen molar-refractivity contribution in [2.75, 3.05) is 0 Å². The summed E-state index contributed by atoms with van der Waals surface area (Å²) in [6.45, 7) is 5.77. The van der Waals surface area contributed by atoms with Gasteiger partial charge in [0, 0.05) is 12.1 Å². The molecule has 0 radical (unpaired) electrons. The molecule has 0 saturated heterocycles. The van der Waals surface area contributed by atoms with Crippen LogP contribution in [0.1, 0.15) is 24.0 Å². The predicted octanol–water partition coefficient (Wildman–Crippen LogP) is 4.50. The molecule has 2 aromatic rings. The minimum atomic E-state index is -3.59. The molecule has 1 aliphatic heterocycles. The van der Waals surface area contributed by atoms with Crippen molar-refractivity contribution in [2.45, 2.75) is 43.2 Å². The lowest BCUT2D eigenvalue weighted by atomic mass is 9.97. The summed E-state index contributed by atoms with van der Waals surface area (Å²) >= 11 is 0. The average Bonchev–Trinajstić information content (AvgIpc) is 2.63. The van der Waals surface area contributed by atoms with Gasteiger partial charge in [0.1, 0.15) is 0 Å². The van der Waals surface area contributed by atoms with Crippen LogP contribution in [0.25, 0.3) is 0 Å². The maximum absolute atomic E-state index is 13.4. The second kappa shape index (κ2) is 8.02. The highest BCUT2D eigenvalue weighted by atomic mass is 32.2. The lowest BCUT2D eigenvalue weighted by Crippen LogP contribution is -2.48. The fraction of sp³-hybridized carbons (Fsp3) is 0.273. The highest BCUT2D eigenvalue weighted by molar-refractivity contribution is 7.89. The smallest absolute Gasteiger partial charge is 0.207 e. The van der Waals surface area contributed by atoms with E-state index in [0.717, 1.165) is 11.1 Å². The molecule has 136 valence electrons. The molecule has 0 N–H and O–H groups in total. The molecular formula is C22H25NO2S. The molecular weight excluding hydrogens is 342 g/mol. The molecule has 0 saturated carbocycles. The van der Waals surface area contributed by atoms with Crippen molar-refractivity contribution in [1.82, 2.24) is 4.31 Å². The van der Waals surface area contributed by atoms with E-state index in [4.69, 9.17) is 0 Å². The molecule has 1 heterocycles. The van der Waals surface area contributed by atoms with E-state index in [9.17, 15) is 8.42 Å².